The first kappa shape index (κ1) is 22.3. The zero-order valence-corrected chi connectivity index (χ0v) is 19.0. The molecule has 8 nitrogen and oxygen atoms in total. The third-order valence-corrected chi connectivity index (χ3v) is 6.27. The Labute approximate surface area is 187 Å². The Hall–Kier alpha value is -2.43. The maximum atomic E-state index is 12.7. The van der Waals surface area contributed by atoms with Gasteiger partial charge in [0.15, 0.2) is 16.1 Å². The number of anilines is 1. The van der Waals surface area contributed by atoms with Gasteiger partial charge in [0, 0.05) is 18.6 Å². The molecule has 0 saturated heterocycles. The van der Waals surface area contributed by atoms with E-state index in [0.717, 1.165) is 0 Å². The molecule has 158 valence electrons. The van der Waals surface area contributed by atoms with Gasteiger partial charge in [-0.2, -0.15) is 0 Å². The SMILES string of the molecule is CC(C)[C@H](NC(=O)c1ccccc1Cl)c1nnc(SCC(=O)Nc2nccs2)n1C. The molecule has 0 radical (unpaired) electrons. The van der Waals surface area contributed by atoms with Crippen molar-refractivity contribution in [3.8, 4) is 0 Å². The van der Waals surface area contributed by atoms with Crippen LogP contribution in [-0.4, -0.2) is 37.3 Å². The molecular formula is C19H21ClN6O2S2. The summed E-state index contributed by atoms with van der Waals surface area (Å²) in [6.45, 7) is 3.97. The largest absolute Gasteiger partial charge is 0.342 e. The van der Waals surface area contributed by atoms with E-state index in [1.54, 1.807) is 40.4 Å². The Morgan fingerprint density at radius 3 is 2.70 bits per heavy atom. The van der Waals surface area contributed by atoms with Crippen LogP contribution in [0.1, 0.15) is 36.1 Å². The lowest BCUT2D eigenvalue weighted by atomic mass is 10.0. The average Bonchev–Trinajstić information content (AvgIpc) is 3.34. The first-order valence-electron chi connectivity index (χ1n) is 9.13. The summed E-state index contributed by atoms with van der Waals surface area (Å²) in [5.41, 5.74) is 0.403. The zero-order valence-electron chi connectivity index (χ0n) is 16.6. The normalized spacial score (nSPS) is 12.0. The zero-order chi connectivity index (χ0) is 21.7. The van der Waals surface area contributed by atoms with Gasteiger partial charge in [0.05, 0.1) is 22.4 Å². The summed E-state index contributed by atoms with van der Waals surface area (Å²) in [6, 6.07) is 6.52. The second kappa shape index (κ2) is 10.1. The van der Waals surface area contributed by atoms with Crippen LogP contribution in [0.15, 0.2) is 41.0 Å². The quantitative estimate of drug-likeness (QED) is 0.492. The molecule has 2 heterocycles. The first-order chi connectivity index (χ1) is 14.4. The third kappa shape index (κ3) is 5.38. The van der Waals surface area contributed by atoms with Crippen LogP contribution in [0.2, 0.25) is 5.02 Å². The molecule has 11 heteroatoms. The summed E-state index contributed by atoms with van der Waals surface area (Å²) >= 11 is 8.77. The van der Waals surface area contributed by atoms with Gasteiger partial charge in [-0.3, -0.25) is 9.59 Å². The van der Waals surface area contributed by atoms with E-state index in [-0.39, 0.29) is 29.5 Å². The number of rotatable bonds is 8. The van der Waals surface area contributed by atoms with Gasteiger partial charge < -0.3 is 15.2 Å². The van der Waals surface area contributed by atoms with E-state index in [9.17, 15) is 9.59 Å². The second-order valence-corrected chi connectivity index (χ2v) is 8.99. The average molecular weight is 465 g/mol. The van der Waals surface area contributed by atoms with Gasteiger partial charge >= 0.3 is 0 Å². The van der Waals surface area contributed by atoms with Gasteiger partial charge in [-0.05, 0) is 18.1 Å². The van der Waals surface area contributed by atoms with Crippen LogP contribution in [0.4, 0.5) is 5.13 Å². The Bertz CT molecular complexity index is 1020. The minimum atomic E-state index is -0.371. The van der Waals surface area contributed by atoms with E-state index in [4.69, 9.17) is 11.6 Å². The molecule has 0 spiro atoms. The van der Waals surface area contributed by atoms with Gasteiger partial charge in [0.1, 0.15) is 0 Å². The van der Waals surface area contributed by atoms with Crippen molar-refractivity contribution in [2.24, 2.45) is 13.0 Å². The number of halogens is 1. The van der Waals surface area contributed by atoms with E-state index in [1.165, 1.54) is 23.1 Å². The smallest absolute Gasteiger partial charge is 0.253 e. The molecule has 0 bridgehead atoms. The summed E-state index contributed by atoms with van der Waals surface area (Å²) in [6.07, 6.45) is 1.63. The first-order valence-corrected chi connectivity index (χ1v) is 11.4. The highest BCUT2D eigenvalue weighted by atomic mass is 35.5. The fraction of sp³-hybridized carbons (Fsp3) is 0.316. The fourth-order valence-corrected chi connectivity index (χ4v) is 4.17. The molecule has 0 aliphatic rings. The van der Waals surface area contributed by atoms with Gasteiger partial charge in [-0.15, -0.1) is 21.5 Å². The predicted molar refractivity (Wildman–Crippen MR) is 119 cm³/mol. The van der Waals surface area contributed by atoms with Crippen molar-refractivity contribution in [1.29, 1.82) is 0 Å². The molecule has 0 aliphatic carbocycles. The summed E-state index contributed by atoms with van der Waals surface area (Å²) in [5.74, 6) is 0.383. The molecule has 0 saturated carbocycles. The summed E-state index contributed by atoms with van der Waals surface area (Å²) in [7, 11) is 1.81. The van der Waals surface area contributed by atoms with Crippen LogP contribution in [0, 0.1) is 5.92 Å². The van der Waals surface area contributed by atoms with Gasteiger partial charge in [0.2, 0.25) is 5.91 Å². The molecule has 1 atom stereocenters. The Kier molecular flexibility index (Phi) is 7.46. The van der Waals surface area contributed by atoms with Crippen LogP contribution >= 0.6 is 34.7 Å². The lowest BCUT2D eigenvalue weighted by molar-refractivity contribution is -0.113. The monoisotopic (exact) mass is 464 g/mol. The van der Waals surface area contributed by atoms with Crippen LogP contribution in [-0.2, 0) is 11.8 Å². The number of nitrogens with zero attached hydrogens (tertiary/aromatic N) is 4. The van der Waals surface area contributed by atoms with E-state index < -0.39 is 0 Å². The molecule has 0 unspecified atom stereocenters. The Balaban J connectivity index is 1.69. The fourth-order valence-electron chi connectivity index (χ4n) is 2.69. The minimum absolute atomic E-state index is 0.0605. The van der Waals surface area contributed by atoms with Crippen molar-refractivity contribution in [1.82, 2.24) is 25.1 Å². The molecule has 1 aromatic carbocycles. The van der Waals surface area contributed by atoms with Crippen LogP contribution in [0.25, 0.3) is 0 Å². The van der Waals surface area contributed by atoms with Crippen molar-refractivity contribution in [2.75, 3.05) is 11.1 Å². The van der Waals surface area contributed by atoms with Crippen LogP contribution in [0.3, 0.4) is 0 Å². The maximum absolute atomic E-state index is 12.7. The van der Waals surface area contributed by atoms with E-state index in [1.807, 2.05) is 20.9 Å². The van der Waals surface area contributed by atoms with E-state index >= 15 is 0 Å². The Morgan fingerprint density at radius 2 is 2.03 bits per heavy atom. The lowest BCUT2D eigenvalue weighted by Crippen LogP contribution is -2.33. The number of carbonyl (C=O) groups is 2. The summed E-state index contributed by atoms with van der Waals surface area (Å²) in [5, 5.41) is 17.5. The molecule has 30 heavy (non-hydrogen) atoms. The van der Waals surface area contributed by atoms with Crippen molar-refractivity contribution in [2.45, 2.75) is 25.0 Å². The summed E-state index contributed by atoms with van der Waals surface area (Å²) < 4.78 is 1.79. The predicted octanol–water partition coefficient (Wildman–Crippen LogP) is 3.78. The van der Waals surface area contributed by atoms with Gasteiger partial charge in [-0.1, -0.05) is 49.3 Å². The third-order valence-electron chi connectivity index (χ3n) is 4.23. The highest BCUT2D eigenvalue weighted by molar-refractivity contribution is 7.99. The maximum Gasteiger partial charge on any atom is 0.253 e. The van der Waals surface area contributed by atoms with Gasteiger partial charge in [-0.25, -0.2) is 4.98 Å². The second-order valence-electron chi connectivity index (χ2n) is 6.75. The van der Waals surface area contributed by atoms with Crippen LogP contribution in [0.5, 0.6) is 0 Å². The number of hydrogen-bond acceptors (Lipinski definition) is 7. The molecule has 3 aromatic rings. The Morgan fingerprint density at radius 1 is 1.27 bits per heavy atom. The molecule has 2 aromatic heterocycles. The number of nitrogens with one attached hydrogen (secondary N) is 2. The van der Waals surface area contributed by atoms with E-state index in [0.29, 0.717) is 26.7 Å². The number of aromatic nitrogens is 4. The number of amides is 2. The highest BCUT2D eigenvalue weighted by Crippen LogP contribution is 2.25. The minimum Gasteiger partial charge on any atom is -0.342 e. The summed E-state index contributed by atoms with van der Waals surface area (Å²) in [4.78, 5) is 28.8. The molecule has 3 rings (SSSR count). The molecule has 2 amide bonds. The highest BCUT2D eigenvalue weighted by Gasteiger charge is 2.26. The lowest BCUT2D eigenvalue weighted by Gasteiger charge is -2.22. The van der Waals surface area contributed by atoms with Crippen molar-refractivity contribution < 1.29 is 9.59 Å². The number of hydrogen-bond donors (Lipinski definition) is 2. The molecular weight excluding hydrogens is 444 g/mol. The number of carbonyl (C=O) groups excluding carboxylic acids is 2. The standard InChI is InChI=1S/C19H21ClN6O2S2/c1-11(2)15(23-17(28)12-6-4-5-7-13(12)20)16-24-25-19(26(16)3)30-10-14(27)22-18-21-8-9-29-18/h4-9,11,15H,10H2,1-3H3,(H,23,28)(H,21,22,27)/t15-/m0/s1. The molecule has 0 fully saturated rings. The topological polar surface area (TPSA) is 102 Å². The molecule has 0 aliphatic heterocycles. The van der Waals surface area contributed by atoms with Gasteiger partial charge in [0.25, 0.3) is 5.91 Å². The molecule has 2 N–H and O–H groups in total. The number of thiazole rings is 1. The number of benzene rings is 1. The van der Waals surface area contributed by atoms with Crippen molar-refractivity contribution >= 4 is 51.6 Å². The van der Waals surface area contributed by atoms with Crippen LogP contribution < -0.4 is 10.6 Å². The van der Waals surface area contributed by atoms with Crippen molar-refractivity contribution in [3.05, 3.63) is 52.3 Å². The number of thioether (sulfide) groups is 1. The van der Waals surface area contributed by atoms with E-state index in [2.05, 4.69) is 25.8 Å². The van der Waals surface area contributed by atoms with Crippen molar-refractivity contribution in [3.63, 3.8) is 0 Å².